The van der Waals surface area contributed by atoms with Crippen molar-refractivity contribution in [3.05, 3.63) is 58.8 Å². The lowest BCUT2D eigenvalue weighted by Gasteiger charge is -2.14. The van der Waals surface area contributed by atoms with Crippen molar-refractivity contribution in [2.75, 3.05) is 24.9 Å². The molecule has 2 aromatic carbocycles. The molecule has 0 atom stereocenters. The minimum atomic E-state index is 0.461. The van der Waals surface area contributed by atoms with Crippen LogP contribution in [0.4, 0.5) is 23.0 Å². The van der Waals surface area contributed by atoms with E-state index in [2.05, 4.69) is 20.6 Å². The Bertz CT molecular complexity index is 904. The highest BCUT2D eigenvalue weighted by Crippen LogP contribution is 2.37. The Balaban J connectivity index is 1.83. The summed E-state index contributed by atoms with van der Waals surface area (Å²) in [6.45, 7) is 0. The lowest BCUT2D eigenvalue weighted by molar-refractivity contribution is 0.405. The van der Waals surface area contributed by atoms with Gasteiger partial charge in [0.2, 0.25) is 0 Å². The molecule has 0 amide bonds. The number of ether oxygens (including phenoxy) is 2. The van der Waals surface area contributed by atoms with Crippen molar-refractivity contribution in [2.24, 2.45) is 0 Å². The molecule has 1 heterocycles. The Morgan fingerprint density at radius 2 is 1.46 bits per heavy atom. The molecule has 2 N–H and O–H groups in total. The lowest BCUT2D eigenvalue weighted by Crippen LogP contribution is -2.00. The van der Waals surface area contributed by atoms with Gasteiger partial charge in [0, 0.05) is 28.9 Å². The monoisotopic (exact) mass is 390 g/mol. The van der Waals surface area contributed by atoms with Crippen LogP contribution in [0, 0.1) is 0 Å². The van der Waals surface area contributed by atoms with E-state index >= 15 is 0 Å². The molecule has 0 bridgehead atoms. The summed E-state index contributed by atoms with van der Waals surface area (Å²) in [5, 5.41) is 7.51. The normalized spacial score (nSPS) is 10.3. The van der Waals surface area contributed by atoms with Gasteiger partial charge in [0.05, 0.1) is 24.9 Å². The molecule has 0 saturated heterocycles. The second-order valence-electron chi connectivity index (χ2n) is 5.23. The van der Waals surface area contributed by atoms with Crippen LogP contribution in [-0.4, -0.2) is 24.2 Å². The first-order valence-electron chi connectivity index (χ1n) is 7.62. The van der Waals surface area contributed by atoms with Gasteiger partial charge in [-0.1, -0.05) is 23.2 Å². The van der Waals surface area contributed by atoms with Crippen LogP contribution in [0.2, 0.25) is 10.0 Å². The molecule has 0 radical (unpaired) electrons. The Kier molecular flexibility index (Phi) is 5.65. The smallest absolute Gasteiger partial charge is 0.144 e. The van der Waals surface area contributed by atoms with Gasteiger partial charge in [0.25, 0.3) is 0 Å². The maximum atomic E-state index is 6.13. The Hall–Kier alpha value is -2.70. The van der Waals surface area contributed by atoms with Crippen molar-refractivity contribution < 1.29 is 9.47 Å². The van der Waals surface area contributed by atoms with Gasteiger partial charge >= 0.3 is 0 Å². The molecule has 0 aliphatic rings. The maximum Gasteiger partial charge on any atom is 0.144 e. The van der Waals surface area contributed by atoms with Gasteiger partial charge in [0.1, 0.15) is 29.5 Å². The SMILES string of the molecule is COc1cc(Nc2cc(Nc3ccc(Cl)cc3)ncn2)c(OC)cc1Cl. The molecule has 0 unspecified atom stereocenters. The maximum absolute atomic E-state index is 6.13. The average Bonchev–Trinajstić information content (AvgIpc) is 2.65. The van der Waals surface area contributed by atoms with Gasteiger partial charge in [-0.05, 0) is 24.3 Å². The van der Waals surface area contributed by atoms with Crippen LogP contribution in [0.3, 0.4) is 0 Å². The first kappa shape index (κ1) is 18.1. The molecule has 0 aliphatic heterocycles. The van der Waals surface area contributed by atoms with Crippen LogP contribution in [-0.2, 0) is 0 Å². The zero-order valence-electron chi connectivity index (χ0n) is 14.1. The molecule has 0 saturated carbocycles. The number of methoxy groups -OCH3 is 2. The lowest BCUT2D eigenvalue weighted by atomic mass is 10.2. The largest absolute Gasteiger partial charge is 0.495 e. The van der Waals surface area contributed by atoms with Gasteiger partial charge in [-0.25, -0.2) is 9.97 Å². The van der Waals surface area contributed by atoms with Crippen LogP contribution >= 0.6 is 23.2 Å². The van der Waals surface area contributed by atoms with E-state index < -0.39 is 0 Å². The minimum absolute atomic E-state index is 0.461. The Morgan fingerprint density at radius 1 is 0.808 bits per heavy atom. The molecule has 8 heteroatoms. The highest BCUT2D eigenvalue weighted by molar-refractivity contribution is 6.32. The van der Waals surface area contributed by atoms with Gasteiger partial charge in [-0.15, -0.1) is 0 Å². The fraction of sp³-hybridized carbons (Fsp3) is 0.111. The molecule has 26 heavy (non-hydrogen) atoms. The summed E-state index contributed by atoms with van der Waals surface area (Å²) in [5.41, 5.74) is 1.54. The van der Waals surface area contributed by atoms with Crippen LogP contribution in [0.1, 0.15) is 0 Å². The number of nitrogens with zero attached hydrogens (tertiary/aromatic N) is 2. The molecule has 1 aromatic heterocycles. The highest BCUT2D eigenvalue weighted by atomic mass is 35.5. The summed E-state index contributed by atoms with van der Waals surface area (Å²) in [5.74, 6) is 2.31. The first-order chi connectivity index (χ1) is 12.6. The standard InChI is InChI=1S/C18H16Cl2N4O2/c1-25-15-8-14(16(26-2)7-13(15)20)24-18-9-17(21-10-22-18)23-12-5-3-11(19)4-6-12/h3-10H,1-2H3,(H2,21,22,23,24). The van der Waals surface area contributed by atoms with E-state index in [0.29, 0.717) is 38.9 Å². The van der Waals surface area contributed by atoms with Crippen LogP contribution < -0.4 is 20.1 Å². The number of aromatic nitrogens is 2. The molecule has 0 spiro atoms. The van der Waals surface area contributed by atoms with Crippen LogP contribution in [0.25, 0.3) is 0 Å². The van der Waals surface area contributed by atoms with Crippen LogP contribution in [0.5, 0.6) is 11.5 Å². The van der Waals surface area contributed by atoms with Crippen molar-refractivity contribution >= 4 is 46.2 Å². The quantitative estimate of drug-likeness (QED) is 0.595. The molecular formula is C18H16Cl2N4O2. The number of halogens is 2. The summed E-state index contributed by atoms with van der Waals surface area (Å²) in [6.07, 6.45) is 1.46. The van der Waals surface area contributed by atoms with Gasteiger partial charge in [-0.3, -0.25) is 0 Å². The number of benzene rings is 2. The van der Waals surface area contributed by atoms with Crippen molar-refractivity contribution in [2.45, 2.75) is 0 Å². The summed E-state index contributed by atoms with van der Waals surface area (Å²) >= 11 is 12.0. The molecule has 6 nitrogen and oxygen atoms in total. The third-order valence-electron chi connectivity index (χ3n) is 3.52. The van der Waals surface area contributed by atoms with Crippen molar-refractivity contribution in [1.29, 1.82) is 0 Å². The summed E-state index contributed by atoms with van der Waals surface area (Å²) in [4.78, 5) is 8.45. The molecule has 3 aromatic rings. The third kappa shape index (κ3) is 4.28. The summed E-state index contributed by atoms with van der Waals surface area (Å²) in [7, 11) is 3.12. The highest BCUT2D eigenvalue weighted by Gasteiger charge is 2.11. The third-order valence-corrected chi connectivity index (χ3v) is 4.07. The van der Waals surface area contributed by atoms with Crippen molar-refractivity contribution in [3.63, 3.8) is 0 Å². The number of rotatable bonds is 6. The van der Waals surface area contributed by atoms with E-state index in [-0.39, 0.29) is 0 Å². The molecule has 0 fully saturated rings. The number of hydrogen-bond donors (Lipinski definition) is 2. The zero-order chi connectivity index (χ0) is 18.5. The first-order valence-corrected chi connectivity index (χ1v) is 8.38. The topological polar surface area (TPSA) is 68.3 Å². The predicted octanol–water partition coefficient (Wildman–Crippen LogP) is 5.29. The zero-order valence-corrected chi connectivity index (χ0v) is 15.6. The summed E-state index contributed by atoms with van der Waals surface area (Å²) in [6, 6.07) is 12.5. The van der Waals surface area contributed by atoms with Crippen LogP contribution in [0.15, 0.2) is 48.8 Å². The van der Waals surface area contributed by atoms with Crippen molar-refractivity contribution in [1.82, 2.24) is 9.97 Å². The van der Waals surface area contributed by atoms with E-state index in [4.69, 9.17) is 32.7 Å². The van der Waals surface area contributed by atoms with Gasteiger partial charge in [-0.2, -0.15) is 0 Å². The number of anilines is 4. The average molecular weight is 391 g/mol. The Labute approximate surface area is 161 Å². The van der Waals surface area contributed by atoms with E-state index in [1.54, 1.807) is 44.6 Å². The molecule has 0 aliphatic carbocycles. The predicted molar refractivity (Wildman–Crippen MR) is 105 cm³/mol. The fourth-order valence-corrected chi connectivity index (χ4v) is 2.63. The second-order valence-corrected chi connectivity index (χ2v) is 6.08. The molecular weight excluding hydrogens is 375 g/mol. The second kappa shape index (κ2) is 8.12. The van der Waals surface area contributed by atoms with Gasteiger partial charge < -0.3 is 20.1 Å². The van der Waals surface area contributed by atoms with Crippen molar-refractivity contribution in [3.8, 4) is 11.5 Å². The van der Waals surface area contributed by atoms with Gasteiger partial charge in [0.15, 0.2) is 0 Å². The number of nitrogens with one attached hydrogen (secondary N) is 2. The van der Waals surface area contributed by atoms with E-state index in [1.807, 2.05) is 12.1 Å². The molecule has 3 rings (SSSR count). The van der Waals surface area contributed by atoms with E-state index in [9.17, 15) is 0 Å². The van der Waals surface area contributed by atoms with E-state index in [1.165, 1.54) is 6.33 Å². The Morgan fingerprint density at radius 3 is 2.12 bits per heavy atom. The summed E-state index contributed by atoms with van der Waals surface area (Å²) < 4.78 is 10.6. The fourth-order valence-electron chi connectivity index (χ4n) is 2.27. The van der Waals surface area contributed by atoms with E-state index in [0.717, 1.165) is 5.69 Å². The minimum Gasteiger partial charge on any atom is -0.495 e. The molecule has 134 valence electrons. The number of hydrogen-bond acceptors (Lipinski definition) is 6.